The van der Waals surface area contributed by atoms with Gasteiger partial charge < -0.3 is 4.74 Å². The summed E-state index contributed by atoms with van der Waals surface area (Å²) in [5.41, 5.74) is 0. The number of thiophene rings is 2. The fourth-order valence-corrected chi connectivity index (χ4v) is 6.36. The first-order valence-electron chi connectivity index (χ1n) is 12.0. The lowest BCUT2D eigenvalue weighted by Gasteiger charge is -2.05. The van der Waals surface area contributed by atoms with E-state index in [0.29, 0.717) is 0 Å². The molecular formula is C28H34OS2. The number of unbranched alkanes of at least 4 members (excludes halogenated alkanes) is 6. The number of rotatable bonds is 12. The maximum atomic E-state index is 6.25. The second-order valence-electron chi connectivity index (χ2n) is 8.55. The van der Waals surface area contributed by atoms with Crippen LogP contribution in [0.15, 0.2) is 48.5 Å². The molecule has 2 heterocycles. The van der Waals surface area contributed by atoms with Gasteiger partial charge in [0.2, 0.25) is 0 Å². The van der Waals surface area contributed by atoms with E-state index in [0.717, 1.165) is 11.5 Å². The summed E-state index contributed by atoms with van der Waals surface area (Å²) in [5, 5.41) is 2.67. The van der Waals surface area contributed by atoms with Crippen LogP contribution in [0.5, 0.6) is 11.5 Å². The summed E-state index contributed by atoms with van der Waals surface area (Å²) in [4.78, 5) is 2.99. The van der Waals surface area contributed by atoms with Gasteiger partial charge in [0, 0.05) is 19.2 Å². The molecule has 0 unspecified atom stereocenters. The minimum absolute atomic E-state index is 0.933. The Kier molecular flexibility index (Phi) is 8.04. The maximum absolute atomic E-state index is 6.25. The van der Waals surface area contributed by atoms with Gasteiger partial charge in [-0.3, -0.25) is 0 Å². The van der Waals surface area contributed by atoms with E-state index in [4.69, 9.17) is 4.74 Å². The number of fused-ring (bicyclic) bond motifs is 2. The van der Waals surface area contributed by atoms with Crippen LogP contribution in [0.2, 0.25) is 0 Å². The molecule has 0 radical (unpaired) electrons. The molecular weight excluding hydrogens is 416 g/mol. The Morgan fingerprint density at radius 1 is 0.581 bits per heavy atom. The third-order valence-electron chi connectivity index (χ3n) is 5.87. The van der Waals surface area contributed by atoms with E-state index < -0.39 is 0 Å². The molecule has 0 spiro atoms. The second kappa shape index (κ2) is 11.2. The lowest BCUT2D eigenvalue weighted by Crippen LogP contribution is -1.82. The van der Waals surface area contributed by atoms with Crippen molar-refractivity contribution in [2.24, 2.45) is 0 Å². The Bertz CT molecular complexity index is 1020. The topological polar surface area (TPSA) is 9.23 Å². The molecule has 0 saturated heterocycles. The van der Waals surface area contributed by atoms with Crippen LogP contribution in [-0.2, 0) is 12.8 Å². The van der Waals surface area contributed by atoms with Crippen LogP contribution in [-0.4, -0.2) is 0 Å². The molecule has 3 heteroatoms. The van der Waals surface area contributed by atoms with Gasteiger partial charge in [0.1, 0.15) is 11.5 Å². The molecule has 0 aliphatic rings. The Morgan fingerprint density at radius 2 is 1.06 bits per heavy atom. The van der Waals surface area contributed by atoms with E-state index >= 15 is 0 Å². The molecule has 2 aromatic heterocycles. The first-order chi connectivity index (χ1) is 15.2. The van der Waals surface area contributed by atoms with Gasteiger partial charge in [-0.15, -0.1) is 22.7 Å². The van der Waals surface area contributed by atoms with Crippen molar-refractivity contribution in [3.05, 3.63) is 58.3 Å². The minimum atomic E-state index is 0.933. The summed E-state index contributed by atoms with van der Waals surface area (Å²) in [5.74, 6) is 1.87. The minimum Gasteiger partial charge on any atom is -0.457 e. The van der Waals surface area contributed by atoms with Crippen LogP contribution >= 0.6 is 22.7 Å². The molecule has 31 heavy (non-hydrogen) atoms. The number of benzene rings is 2. The van der Waals surface area contributed by atoms with E-state index in [-0.39, 0.29) is 0 Å². The normalized spacial score (nSPS) is 11.5. The molecule has 0 bridgehead atoms. The van der Waals surface area contributed by atoms with E-state index in [1.807, 2.05) is 22.7 Å². The standard InChI is InChI=1S/C28H34OS2/c1-3-5-7-9-11-25-17-21-13-15-23(19-27(21)30-25)29-24-16-14-22-18-26(31-28(22)20-24)12-10-8-6-4-2/h13-20H,3-12H2,1-2H3. The number of ether oxygens (including phenoxy) is 1. The summed E-state index contributed by atoms with van der Waals surface area (Å²) in [6.07, 6.45) is 13.0. The van der Waals surface area contributed by atoms with E-state index in [1.165, 1.54) is 94.1 Å². The first kappa shape index (κ1) is 22.4. The molecule has 0 fully saturated rings. The van der Waals surface area contributed by atoms with Gasteiger partial charge in [-0.2, -0.15) is 0 Å². The fraction of sp³-hybridized carbons (Fsp3) is 0.429. The van der Waals surface area contributed by atoms with Gasteiger partial charge in [-0.05, 0) is 85.0 Å². The molecule has 164 valence electrons. The third-order valence-corrected chi connectivity index (χ3v) is 8.19. The van der Waals surface area contributed by atoms with Crippen molar-refractivity contribution in [1.82, 2.24) is 0 Å². The first-order valence-corrected chi connectivity index (χ1v) is 13.6. The molecule has 1 nitrogen and oxygen atoms in total. The summed E-state index contributed by atoms with van der Waals surface area (Å²) < 4.78 is 8.91. The zero-order valence-corrected chi connectivity index (χ0v) is 20.5. The van der Waals surface area contributed by atoms with Crippen LogP contribution in [0, 0.1) is 0 Å². The Labute approximate surface area is 195 Å². The highest BCUT2D eigenvalue weighted by molar-refractivity contribution is 7.19. The zero-order chi connectivity index (χ0) is 21.5. The quantitative estimate of drug-likeness (QED) is 0.195. The highest BCUT2D eigenvalue weighted by Crippen LogP contribution is 2.35. The van der Waals surface area contributed by atoms with Crippen molar-refractivity contribution >= 4 is 42.8 Å². The lowest BCUT2D eigenvalue weighted by molar-refractivity contribution is 0.484. The van der Waals surface area contributed by atoms with Crippen molar-refractivity contribution in [3.63, 3.8) is 0 Å². The molecule has 0 aliphatic carbocycles. The van der Waals surface area contributed by atoms with Gasteiger partial charge in [-0.25, -0.2) is 0 Å². The fourth-order valence-electron chi connectivity index (χ4n) is 4.09. The average molecular weight is 451 g/mol. The van der Waals surface area contributed by atoms with E-state index in [1.54, 1.807) is 0 Å². The van der Waals surface area contributed by atoms with Crippen LogP contribution < -0.4 is 4.74 Å². The monoisotopic (exact) mass is 450 g/mol. The largest absolute Gasteiger partial charge is 0.457 e. The van der Waals surface area contributed by atoms with E-state index in [2.05, 4.69) is 62.4 Å². The Hall–Kier alpha value is -1.84. The van der Waals surface area contributed by atoms with Crippen molar-refractivity contribution in [2.45, 2.75) is 78.1 Å². The van der Waals surface area contributed by atoms with Gasteiger partial charge >= 0.3 is 0 Å². The summed E-state index contributed by atoms with van der Waals surface area (Å²) >= 11 is 3.84. The third kappa shape index (κ3) is 6.11. The van der Waals surface area contributed by atoms with Crippen molar-refractivity contribution in [3.8, 4) is 11.5 Å². The Morgan fingerprint density at radius 3 is 1.52 bits per heavy atom. The molecule has 0 atom stereocenters. The zero-order valence-electron chi connectivity index (χ0n) is 18.9. The summed E-state index contributed by atoms with van der Waals surface area (Å²) in [6, 6.07) is 17.7. The number of aryl methyl sites for hydroxylation is 2. The molecule has 0 N–H and O–H groups in total. The summed E-state index contributed by atoms with van der Waals surface area (Å²) in [7, 11) is 0. The SMILES string of the molecule is CCCCCCc1cc2ccc(Oc3ccc4cc(CCCCCC)sc4c3)cc2s1. The number of hydrogen-bond acceptors (Lipinski definition) is 3. The smallest absolute Gasteiger partial charge is 0.128 e. The second-order valence-corrected chi connectivity index (χ2v) is 10.9. The maximum Gasteiger partial charge on any atom is 0.128 e. The predicted molar refractivity (Wildman–Crippen MR) is 139 cm³/mol. The van der Waals surface area contributed by atoms with Crippen LogP contribution in [0.1, 0.15) is 75.0 Å². The van der Waals surface area contributed by atoms with Crippen LogP contribution in [0.4, 0.5) is 0 Å². The van der Waals surface area contributed by atoms with Gasteiger partial charge in [0.25, 0.3) is 0 Å². The van der Waals surface area contributed by atoms with Gasteiger partial charge in [0.15, 0.2) is 0 Å². The molecule has 4 aromatic rings. The molecule has 2 aromatic carbocycles. The Balaban J connectivity index is 1.41. The molecule has 0 aliphatic heterocycles. The van der Waals surface area contributed by atoms with Crippen molar-refractivity contribution < 1.29 is 4.74 Å². The molecule has 0 amide bonds. The predicted octanol–water partition coefficient (Wildman–Crippen LogP) is 10.2. The van der Waals surface area contributed by atoms with Crippen LogP contribution in [0.25, 0.3) is 20.2 Å². The average Bonchev–Trinajstić information content (AvgIpc) is 3.37. The van der Waals surface area contributed by atoms with E-state index in [9.17, 15) is 0 Å². The molecule has 0 saturated carbocycles. The van der Waals surface area contributed by atoms with Crippen LogP contribution in [0.3, 0.4) is 0 Å². The summed E-state index contributed by atoms with van der Waals surface area (Å²) in [6.45, 7) is 4.54. The van der Waals surface area contributed by atoms with Crippen molar-refractivity contribution in [1.29, 1.82) is 0 Å². The van der Waals surface area contributed by atoms with Gasteiger partial charge in [0.05, 0.1) is 0 Å². The lowest BCUT2D eigenvalue weighted by atomic mass is 10.1. The number of hydrogen-bond donors (Lipinski definition) is 0. The van der Waals surface area contributed by atoms with Gasteiger partial charge in [-0.1, -0.05) is 52.4 Å². The van der Waals surface area contributed by atoms with Crippen molar-refractivity contribution in [2.75, 3.05) is 0 Å². The highest BCUT2D eigenvalue weighted by atomic mass is 32.1. The molecule has 4 rings (SSSR count). The highest BCUT2D eigenvalue weighted by Gasteiger charge is 2.07.